The lowest BCUT2D eigenvalue weighted by atomic mass is 10.3. The fourth-order valence-corrected chi connectivity index (χ4v) is 0.945. The molecule has 2 aromatic heterocycles. The molecule has 0 radical (unpaired) electrons. The van der Waals surface area contributed by atoms with E-state index in [4.69, 9.17) is 10.2 Å². The molecule has 2 heterocycles. The van der Waals surface area contributed by atoms with Gasteiger partial charge in [-0.25, -0.2) is 9.97 Å². The van der Waals surface area contributed by atoms with Crippen molar-refractivity contribution in [2.24, 2.45) is 5.73 Å². The number of hydrogen-bond acceptors (Lipinski definition) is 6. The van der Waals surface area contributed by atoms with Crippen LogP contribution in [0.2, 0.25) is 0 Å². The first-order valence-electron chi connectivity index (χ1n) is 4.11. The molecular formula is C8H9N5O. The van der Waals surface area contributed by atoms with Gasteiger partial charge in [-0.05, 0) is 6.92 Å². The molecule has 1 atom stereocenters. The predicted molar refractivity (Wildman–Crippen MR) is 47.9 cm³/mol. The molecule has 6 heteroatoms. The van der Waals surface area contributed by atoms with Gasteiger partial charge >= 0.3 is 0 Å². The molecular weight excluding hydrogens is 182 g/mol. The highest BCUT2D eigenvalue weighted by Gasteiger charge is 2.11. The van der Waals surface area contributed by atoms with E-state index in [1.54, 1.807) is 19.3 Å². The molecule has 0 aliphatic heterocycles. The number of nitrogens with zero attached hydrogens (tertiary/aromatic N) is 4. The van der Waals surface area contributed by atoms with E-state index >= 15 is 0 Å². The van der Waals surface area contributed by atoms with Crippen LogP contribution < -0.4 is 5.73 Å². The van der Waals surface area contributed by atoms with Gasteiger partial charge in [0.15, 0.2) is 0 Å². The van der Waals surface area contributed by atoms with Gasteiger partial charge in [-0.2, -0.15) is 0 Å². The third kappa shape index (κ3) is 1.60. The Labute approximate surface area is 80.2 Å². The molecule has 0 aromatic carbocycles. The topological polar surface area (TPSA) is 90.7 Å². The highest BCUT2D eigenvalue weighted by molar-refractivity contribution is 5.48. The van der Waals surface area contributed by atoms with E-state index < -0.39 is 0 Å². The van der Waals surface area contributed by atoms with Crippen LogP contribution in [-0.2, 0) is 0 Å². The van der Waals surface area contributed by atoms with Crippen LogP contribution in [0.5, 0.6) is 0 Å². The van der Waals surface area contributed by atoms with Gasteiger partial charge in [0.1, 0.15) is 6.33 Å². The summed E-state index contributed by atoms with van der Waals surface area (Å²) >= 11 is 0. The van der Waals surface area contributed by atoms with Crippen LogP contribution >= 0.6 is 0 Å². The number of hydrogen-bond donors (Lipinski definition) is 1. The molecule has 0 saturated heterocycles. The van der Waals surface area contributed by atoms with Crippen molar-refractivity contribution in [3.05, 3.63) is 24.6 Å². The van der Waals surface area contributed by atoms with E-state index in [-0.39, 0.29) is 6.04 Å². The lowest BCUT2D eigenvalue weighted by Crippen LogP contribution is -2.04. The van der Waals surface area contributed by atoms with Crippen LogP contribution in [0.1, 0.15) is 18.9 Å². The van der Waals surface area contributed by atoms with E-state index in [0.717, 1.165) is 0 Å². The summed E-state index contributed by atoms with van der Waals surface area (Å²) in [7, 11) is 0. The fourth-order valence-electron chi connectivity index (χ4n) is 0.945. The van der Waals surface area contributed by atoms with Crippen molar-refractivity contribution < 1.29 is 4.42 Å². The molecule has 0 fully saturated rings. The van der Waals surface area contributed by atoms with Crippen molar-refractivity contribution >= 4 is 0 Å². The Bertz CT molecular complexity index is 411. The summed E-state index contributed by atoms with van der Waals surface area (Å²) in [6.07, 6.45) is 4.64. The molecule has 0 saturated carbocycles. The van der Waals surface area contributed by atoms with Crippen LogP contribution in [0.4, 0.5) is 0 Å². The Kier molecular flexibility index (Phi) is 2.19. The first kappa shape index (κ1) is 8.76. The minimum Gasteiger partial charge on any atom is -0.419 e. The van der Waals surface area contributed by atoms with E-state index in [1.807, 2.05) is 0 Å². The van der Waals surface area contributed by atoms with Crippen LogP contribution in [0.3, 0.4) is 0 Å². The third-order valence-corrected chi connectivity index (χ3v) is 1.64. The molecule has 2 N–H and O–H groups in total. The molecule has 2 rings (SSSR count). The van der Waals surface area contributed by atoms with Crippen LogP contribution in [0, 0.1) is 0 Å². The highest BCUT2D eigenvalue weighted by Crippen LogP contribution is 2.17. The summed E-state index contributed by atoms with van der Waals surface area (Å²) in [6.45, 7) is 1.78. The largest absolute Gasteiger partial charge is 0.419 e. The molecule has 0 spiro atoms. The average Bonchev–Trinajstić information content (AvgIpc) is 2.68. The van der Waals surface area contributed by atoms with Gasteiger partial charge in [-0.3, -0.25) is 0 Å². The second kappa shape index (κ2) is 3.51. The maximum Gasteiger partial charge on any atom is 0.250 e. The molecule has 2 aromatic rings. The first-order valence-corrected chi connectivity index (χ1v) is 4.11. The molecule has 0 bridgehead atoms. The minimum atomic E-state index is -0.263. The number of nitrogens with two attached hydrogens (primary N) is 1. The Balaban J connectivity index is 2.34. The summed E-state index contributed by atoms with van der Waals surface area (Å²) in [5, 5.41) is 7.63. The maximum atomic E-state index is 5.58. The van der Waals surface area contributed by atoms with Crippen molar-refractivity contribution in [1.29, 1.82) is 0 Å². The van der Waals surface area contributed by atoms with Crippen molar-refractivity contribution in [2.45, 2.75) is 13.0 Å². The van der Waals surface area contributed by atoms with Crippen LogP contribution in [-0.4, -0.2) is 20.2 Å². The lowest BCUT2D eigenvalue weighted by Gasteiger charge is -1.94. The fraction of sp³-hybridized carbons (Fsp3) is 0.250. The van der Waals surface area contributed by atoms with Crippen molar-refractivity contribution in [2.75, 3.05) is 0 Å². The van der Waals surface area contributed by atoms with Crippen LogP contribution in [0.15, 0.2) is 23.1 Å². The van der Waals surface area contributed by atoms with Gasteiger partial charge in [0, 0.05) is 12.4 Å². The summed E-state index contributed by atoms with van der Waals surface area (Å²) in [4.78, 5) is 7.69. The SMILES string of the molecule is CC(N)c1nnc(-c2cncnc2)o1. The normalized spacial score (nSPS) is 12.7. The predicted octanol–water partition coefficient (Wildman–Crippen LogP) is 0.546. The molecule has 1 unspecified atom stereocenters. The second-order valence-electron chi connectivity index (χ2n) is 2.86. The molecule has 0 aliphatic carbocycles. The summed E-state index contributed by atoms with van der Waals surface area (Å²) in [5.41, 5.74) is 6.26. The monoisotopic (exact) mass is 191 g/mol. The molecule has 0 aliphatic rings. The Morgan fingerprint density at radius 3 is 2.57 bits per heavy atom. The summed E-state index contributed by atoms with van der Waals surface area (Å²) in [5.74, 6) is 0.793. The zero-order valence-corrected chi connectivity index (χ0v) is 7.58. The Morgan fingerprint density at radius 2 is 2.00 bits per heavy atom. The van der Waals surface area contributed by atoms with Crippen molar-refractivity contribution in [1.82, 2.24) is 20.2 Å². The van der Waals surface area contributed by atoms with Crippen molar-refractivity contribution in [3.8, 4) is 11.5 Å². The van der Waals surface area contributed by atoms with Crippen molar-refractivity contribution in [3.63, 3.8) is 0 Å². The standard InChI is InChI=1S/C8H9N5O/c1-5(9)7-12-13-8(14-7)6-2-10-4-11-3-6/h2-5H,9H2,1H3. The zero-order valence-electron chi connectivity index (χ0n) is 7.58. The van der Waals surface area contributed by atoms with E-state index in [0.29, 0.717) is 17.3 Å². The Hall–Kier alpha value is -1.82. The van der Waals surface area contributed by atoms with E-state index in [1.165, 1.54) is 6.33 Å². The first-order chi connectivity index (χ1) is 6.77. The van der Waals surface area contributed by atoms with Crippen LogP contribution in [0.25, 0.3) is 11.5 Å². The quantitative estimate of drug-likeness (QED) is 0.745. The van der Waals surface area contributed by atoms with Gasteiger partial charge in [-0.1, -0.05) is 0 Å². The molecule has 6 nitrogen and oxygen atoms in total. The third-order valence-electron chi connectivity index (χ3n) is 1.64. The lowest BCUT2D eigenvalue weighted by molar-refractivity contribution is 0.473. The van der Waals surface area contributed by atoms with E-state index in [2.05, 4.69) is 20.2 Å². The number of rotatable bonds is 2. The van der Waals surface area contributed by atoms with Gasteiger partial charge in [-0.15, -0.1) is 10.2 Å². The molecule has 14 heavy (non-hydrogen) atoms. The highest BCUT2D eigenvalue weighted by atomic mass is 16.4. The summed E-state index contributed by atoms with van der Waals surface area (Å²) < 4.78 is 5.30. The van der Waals surface area contributed by atoms with Gasteiger partial charge in [0.05, 0.1) is 11.6 Å². The van der Waals surface area contributed by atoms with Gasteiger partial charge < -0.3 is 10.2 Å². The van der Waals surface area contributed by atoms with E-state index in [9.17, 15) is 0 Å². The average molecular weight is 191 g/mol. The number of aromatic nitrogens is 4. The minimum absolute atomic E-state index is 0.263. The van der Waals surface area contributed by atoms with Gasteiger partial charge in [0.25, 0.3) is 5.89 Å². The zero-order chi connectivity index (χ0) is 9.97. The maximum absolute atomic E-state index is 5.58. The summed E-state index contributed by atoms with van der Waals surface area (Å²) in [6, 6.07) is -0.263. The molecule has 72 valence electrons. The smallest absolute Gasteiger partial charge is 0.250 e. The van der Waals surface area contributed by atoms with Gasteiger partial charge in [0.2, 0.25) is 5.89 Å². The molecule has 0 amide bonds. The Morgan fingerprint density at radius 1 is 1.29 bits per heavy atom. The second-order valence-corrected chi connectivity index (χ2v) is 2.86.